The minimum absolute atomic E-state index is 0.0939. The molecule has 1 saturated heterocycles. The van der Waals surface area contributed by atoms with Crippen LogP contribution in [0.3, 0.4) is 0 Å². The second-order valence-corrected chi connectivity index (χ2v) is 6.46. The van der Waals surface area contributed by atoms with Crippen LogP contribution in [0.15, 0.2) is 47.3 Å². The minimum Gasteiger partial charge on any atom is -0.478 e. The monoisotopic (exact) mass is 310 g/mol. The fourth-order valence-corrected chi connectivity index (χ4v) is 3.92. The van der Waals surface area contributed by atoms with Gasteiger partial charge in [-0.3, -0.25) is 4.79 Å². The molecule has 4 rings (SSSR count). The van der Waals surface area contributed by atoms with Crippen LogP contribution < -0.4 is 10.5 Å². The van der Waals surface area contributed by atoms with Gasteiger partial charge < -0.3 is 14.6 Å². The van der Waals surface area contributed by atoms with Gasteiger partial charge in [-0.05, 0) is 42.7 Å². The number of hydrogen-bond acceptors (Lipinski definition) is 3. The van der Waals surface area contributed by atoms with Crippen molar-refractivity contribution in [2.24, 2.45) is 5.92 Å². The predicted octanol–water partition coefficient (Wildman–Crippen LogP) is 2.17. The Morgan fingerprint density at radius 2 is 1.83 bits per heavy atom. The van der Waals surface area contributed by atoms with Crippen LogP contribution in [0.4, 0.5) is 5.69 Å². The molecule has 1 aromatic carbocycles. The third-order valence-corrected chi connectivity index (χ3v) is 4.96. The number of fused-ring (bicyclic) bond motifs is 4. The average Bonchev–Trinajstić information content (AvgIpc) is 2.56. The fourth-order valence-electron chi connectivity index (χ4n) is 3.92. The Morgan fingerprint density at radius 1 is 1.04 bits per heavy atom. The SMILES string of the molecule is O=C(O)c1ccc(N2CC3CC(C2)c2cccc(=O)n2C3)cc1. The first kappa shape index (κ1) is 14.1. The standard InChI is InChI=1S/C18H18N2O3/c21-17-3-1-2-16-14-8-12(10-20(16)17)9-19(11-14)15-6-4-13(5-7-15)18(22)23/h1-7,12,14H,8-11H2,(H,22,23). The van der Waals surface area contributed by atoms with Crippen molar-refractivity contribution in [2.45, 2.75) is 18.9 Å². The number of rotatable bonds is 2. The molecule has 5 heteroatoms. The van der Waals surface area contributed by atoms with Crippen LogP contribution in [-0.2, 0) is 6.54 Å². The molecule has 0 aliphatic carbocycles. The van der Waals surface area contributed by atoms with Gasteiger partial charge in [0.15, 0.2) is 0 Å². The van der Waals surface area contributed by atoms with Crippen molar-refractivity contribution >= 4 is 11.7 Å². The average molecular weight is 310 g/mol. The van der Waals surface area contributed by atoms with E-state index in [1.54, 1.807) is 18.2 Å². The molecule has 2 aliphatic heterocycles. The Bertz CT molecular complexity index is 810. The number of piperidine rings is 1. The van der Waals surface area contributed by atoms with E-state index in [4.69, 9.17) is 5.11 Å². The number of nitrogens with zero attached hydrogens (tertiary/aromatic N) is 2. The maximum Gasteiger partial charge on any atom is 0.335 e. The number of aromatic nitrogens is 1. The van der Waals surface area contributed by atoms with Crippen LogP contribution in [0.25, 0.3) is 0 Å². The quantitative estimate of drug-likeness (QED) is 0.923. The maximum atomic E-state index is 12.0. The summed E-state index contributed by atoms with van der Waals surface area (Å²) in [6.45, 7) is 2.55. The first-order valence-corrected chi connectivity index (χ1v) is 7.90. The number of carboxylic acid groups (broad SMARTS) is 1. The van der Waals surface area contributed by atoms with Crippen molar-refractivity contribution in [3.05, 3.63) is 64.1 Å². The van der Waals surface area contributed by atoms with Crippen molar-refractivity contribution in [1.29, 1.82) is 0 Å². The Hall–Kier alpha value is -2.56. The molecule has 1 aromatic heterocycles. The van der Waals surface area contributed by atoms with Crippen LogP contribution in [-0.4, -0.2) is 28.7 Å². The summed E-state index contributed by atoms with van der Waals surface area (Å²) >= 11 is 0. The van der Waals surface area contributed by atoms with E-state index in [0.29, 0.717) is 17.4 Å². The molecule has 0 radical (unpaired) electrons. The highest BCUT2D eigenvalue weighted by atomic mass is 16.4. The number of aromatic carboxylic acids is 1. The third-order valence-electron chi connectivity index (χ3n) is 4.96. The first-order valence-electron chi connectivity index (χ1n) is 7.90. The van der Waals surface area contributed by atoms with E-state index >= 15 is 0 Å². The molecule has 1 N–H and O–H groups in total. The molecule has 2 aromatic rings. The molecular weight excluding hydrogens is 292 g/mol. The highest BCUT2D eigenvalue weighted by molar-refractivity contribution is 5.88. The van der Waals surface area contributed by atoms with Crippen molar-refractivity contribution in [3.63, 3.8) is 0 Å². The second-order valence-electron chi connectivity index (χ2n) is 6.46. The van der Waals surface area contributed by atoms with Gasteiger partial charge in [-0.2, -0.15) is 0 Å². The number of pyridine rings is 1. The van der Waals surface area contributed by atoms with Gasteiger partial charge in [-0.25, -0.2) is 4.79 Å². The van der Waals surface area contributed by atoms with Gasteiger partial charge in [-0.15, -0.1) is 0 Å². The Balaban J connectivity index is 1.63. The molecule has 2 aliphatic rings. The summed E-state index contributed by atoms with van der Waals surface area (Å²) < 4.78 is 1.92. The predicted molar refractivity (Wildman–Crippen MR) is 87.2 cm³/mol. The molecule has 2 atom stereocenters. The molecule has 2 unspecified atom stereocenters. The molecule has 5 nitrogen and oxygen atoms in total. The van der Waals surface area contributed by atoms with E-state index < -0.39 is 5.97 Å². The largest absolute Gasteiger partial charge is 0.478 e. The lowest BCUT2D eigenvalue weighted by Crippen LogP contribution is -2.47. The Kier molecular flexibility index (Phi) is 3.22. The summed E-state index contributed by atoms with van der Waals surface area (Å²) in [7, 11) is 0. The summed E-state index contributed by atoms with van der Waals surface area (Å²) in [6.07, 6.45) is 1.12. The highest BCUT2D eigenvalue weighted by Gasteiger charge is 2.34. The second kappa shape index (κ2) is 5.26. The van der Waals surface area contributed by atoms with Gasteiger partial charge in [0, 0.05) is 43.0 Å². The molecule has 3 heterocycles. The normalized spacial score (nSPS) is 22.5. The lowest BCUT2D eigenvalue weighted by atomic mass is 9.83. The van der Waals surface area contributed by atoms with E-state index in [-0.39, 0.29) is 5.56 Å². The summed E-state index contributed by atoms with van der Waals surface area (Å²) in [5, 5.41) is 9.01. The van der Waals surface area contributed by atoms with E-state index in [2.05, 4.69) is 11.0 Å². The topological polar surface area (TPSA) is 62.5 Å². The number of carbonyl (C=O) groups is 1. The summed E-state index contributed by atoms with van der Waals surface area (Å²) in [5.74, 6) is -0.0867. The molecule has 2 bridgehead atoms. The van der Waals surface area contributed by atoms with Crippen molar-refractivity contribution in [2.75, 3.05) is 18.0 Å². The van der Waals surface area contributed by atoms with Gasteiger partial charge in [0.2, 0.25) is 0 Å². The van der Waals surface area contributed by atoms with Crippen LogP contribution in [0.2, 0.25) is 0 Å². The van der Waals surface area contributed by atoms with Crippen LogP contribution >= 0.6 is 0 Å². The third kappa shape index (κ3) is 2.42. The number of hydrogen-bond donors (Lipinski definition) is 1. The van der Waals surface area contributed by atoms with Gasteiger partial charge in [0.25, 0.3) is 5.56 Å². The summed E-state index contributed by atoms with van der Waals surface area (Å²) in [5.41, 5.74) is 2.58. The molecule has 1 fully saturated rings. The molecule has 118 valence electrons. The van der Waals surface area contributed by atoms with Crippen LogP contribution in [0.1, 0.15) is 28.4 Å². The van der Waals surface area contributed by atoms with E-state index in [1.165, 1.54) is 0 Å². The number of carboxylic acids is 1. The lowest BCUT2D eigenvalue weighted by molar-refractivity contribution is 0.0697. The number of benzene rings is 1. The van der Waals surface area contributed by atoms with E-state index in [0.717, 1.165) is 37.4 Å². The van der Waals surface area contributed by atoms with Crippen molar-refractivity contribution in [1.82, 2.24) is 4.57 Å². The molecule has 23 heavy (non-hydrogen) atoms. The van der Waals surface area contributed by atoms with Gasteiger partial charge in [0.05, 0.1) is 5.56 Å². The molecule has 0 spiro atoms. The summed E-state index contributed by atoms with van der Waals surface area (Å²) in [6, 6.07) is 12.6. The maximum absolute atomic E-state index is 12.0. The van der Waals surface area contributed by atoms with E-state index in [1.807, 2.05) is 22.8 Å². The smallest absolute Gasteiger partial charge is 0.335 e. The number of anilines is 1. The Labute approximate surface area is 133 Å². The zero-order valence-corrected chi connectivity index (χ0v) is 12.7. The van der Waals surface area contributed by atoms with Crippen LogP contribution in [0.5, 0.6) is 0 Å². The fraction of sp³-hybridized carbons (Fsp3) is 0.333. The van der Waals surface area contributed by atoms with Gasteiger partial charge in [-0.1, -0.05) is 6.07 Å². The molecular formula is C18H18N2O3. The van der Waals surface area contributed by atoms with Crippen molar-refractivity contribution < 1.29 is 9.90 Å². The molecule has 0 saturated carbocycles. The zero-order chi connectivity index (χ0) is 16.0. The first-order chi connectivity index (χ1) is 11.1. The zero-order valence-electron chi connectivity index (χ0n) is 12.7. The summed E-state index contributed by atoms with van der Waals surface area (Å²) in [4.78, 5) is 25.3. The van der Waals surface area contributed by atoms with Gasteiger partial charge in [0.1, 0.15) is 0 Å². The molecule has 0 amide bonds. The van der Waals surface area contributed by atoms with Crippen molar-refractivity contribution in [3.8, 4) is 0 Å². The van der Waals surface area contributed by atoms with Gasteiger partial charge >= 0.3 is 5.97 Å². The minimum atomic E-state index is -0.902. The van der Waals surface area contributed by atoms with E-state index in [9.17, 15) is 9.59 Å². The Morgan fingerprint density at radius 3 is 2.57 bits per heavy atom. The van der Waals surface area contributed by atoms with Crippen LogP contribution in [0, 0.1) is 5.92 Å². The highest BCUT2D eigenvalue weighted by Crippen LogP contribution is 2.36. The lowest BCUT2D eigenvalue weighted by Gasteiger charge is -2.43.